The van der Waals surface area contributed by atoms with Crippen molar-refractivity contribution in [1.29, 1.82) is 0 Å². The smallest absolute Gasteiger partial charge is 0.0861 e. The molecule has 0 bridgehead atoms. The van der Waals surface area contributed by atoms with Gasteiger partial charge in [0.1, 0.15) is 0 Å². The van der Waals surface area contributed by atoms with Crippen molar-refractivity contribution in [3.05, 3.63) is 35.9 Å². The van der Waals surface area contributed by atoms with Crippen molar-refractivity contribution < 1.29 is 10.2 Å². The predicted octanol–water partition coefficient (Wildman–Crippen LogP) is 1.36. The van der Waals surface area contributed by atoms with Crippen LogP contribution >= 0.6 is 0 Å². The second-order valence-corrected chi connectivity index (χ2v) is 3.86. The fraction of sp³-hybridized carbons (Fsp3) is 0.455. The summed E-state index contributed by atoms with van der Waals surface area (Å²) in [5.41, 5.74) is 0.00710. The average molecular weight is 180 g/mol. The van der Waals surface area contributed by atoms with E-state index in [0.29, 0.717) is 6.42 Å². The Hall–Kier alpha value is -0.860. The summed E-state index contributed by atoms with van der Waals surface area (Å²) in [6.07, 6.45) is -0.223. The Balaban J connectivity index is 2.61. The number of aliphatic hydroxyl groups excluding tert-OH is 1. The molecular formula is C11H16O2. The minimum atomic E-state index is -1.03. The van der Waals surface area contributed by atoms with Crippen LogP contribution in [0.1, 0.15) is 19.4 Å². The number of hydrogen-bond acceptors (Lipinski definition) is 2. The molecule has 1 aromatic carbocycles. The zero-order valence-corrected chi connectivity index (χ0v) is 8.07. The molecule has 2 nitrogen and oxygen atoms in total. The molecule has 1 aromatic rings. The molecule has 0 fully saturated rings. The molecule has 0 saturated carbocycles. The molecule has 1 atom stereocenters. The lowest BCUT2D eigenvalue weighted by molar-refractivity contribution is -0.0469. The van der Waals surface area contributed by atoms with E-state index in [1.807, 2.05) is 30.3 Å². The average Bonchev–Trinajstić information content (AvgIpc) is 2.04. The SMILES string of the molecule is CC(C)(O)C(O)Cc1ccccc1. The van der Waals surface area contributed by atoms with Gasteiger partial charge in [0.25, 0.3) is 0 Å². The highest BCUT2D eigenvalue weighted by Crippen LogP contribution is 2.13. The first-order valence-electron chi connectivity index (χ1n) is 4.44. The molecule has 72 valence electrons. The van der Waals surface area contributed by atoms with Crippen molar-refractivity contribution >= 4 is 0 Å². The first kappa shape index (κ1) is 10.2. The van der Waals surface area contributed by atoms with Gasteiger partial charge in [0.05, 0.1) is 11.7 Å². The molecule has 1 unspecified atom stereocenters. The molecular weight excluding hydrogens is 164 g/mol. The molecule has 0 aliphatic heterocycles. The van der Waals surface area contributed by atoms with Gasteiger partial charge in [0, 0.05) is 6.42 Å². The lowest BCUT2D eigenvalue weighted by Gasteiger charge is -2.24. The zero-order chi connectivity index (χ0) is 9.90. The van der Waals surface area contributed by atoms with Crippen LogP contribution in [-0.2, 0) is 6.42 Å². The van der Waals surface area contributed by atoms with E-state index in [9.17, 15) is 10.2 Å². The van der Waals surface area contributed by atoms with Gasteiger partial charge in [-0.05, 0) is 19.4 Å². The van der Waals surface area contributed by atoms with Gasteiger partial charge >= 0.3 is 0 Å². The fourth-order valence-electron chi connectivity index (χ4n) is 1.09. The third-order valence-corrected chi connectivity index (χ3v) is 2.09. The minimum Gasteiger partial charge on any atom is -0.390 e. The van der Waals surface area contributed by atoms with Crippen LogP contribution in [0.3, 0.4) is 0 Å². The lowest BCUT2D eigenvalue weighted by atomic mass is 9.95. The molecule has 0 aliphatic rings. The normalized spacial score (nSPS) is 14.2. The fourth-order valence-corrected chi connectivity index (χ4v) is 1.09. The highest BCUT2D eigenvalue weighted by Gasteiger charge is 2.24. The van der Waals surface area contributed by atoms with E-state index in [1.165, 1.54) is 0 Å². The molecule has 2 N–H and O–H groups in total. The Morgan fingerprint density at radius 3 is 2.23 bits per heavy atom. The predicted molar refractivity (Wildman–Crippen MR) is 52.5 cm³/mol. The van der Waals surface area contributed by atoms with Crippen molar-refractivity contribution in [2.24, 2.45) is 0 Å². The summed E-state index contributed by atoms with van der Waals surface area (Å²) >= 11 is 0. The van der Waals surface area contributed by atoms with E-state index in [0.717, 1.165) is 5.56 Å². The van der Waals surface area contributed by atoms with Crippen molar-refractivity contribution in [2.45, 2.75) is 32.0 Å². The summed E-state index contributed by atoms with van der Waals surface area (Å²) in [5.74, 6) is 0. The molecule has 1 rings (SSSR count). The van der Waals surface area contributed by atoms with E-state index in [2.05, 4.69) is 0 Å². The van der Waals surface area contributed by atoms with Gasteiger partial charge in [0.15, 0.2) is 0 Å². The topological polar surface area (TPSA) is 40.5 Å². The van der Waals surface area contributed by atoms with Gasteiger partial charge in [0.2, 0.25) is 0 Å². The monoisotopic (exact) mass is 180 g/mol. The summed E-state index contributed by atoms with van der Waals surface area (Å²) in [7, 11) is 0. The molecule has 0 radical (unpaired) electrons. The standard InChI is InChI=1S/C11H16O2/c1-11(2,13)10(12)8-9-6-4-3-5-7-9/h3-7,10,12-13H,8H2,1-2H3. The molecule has 0 amide bonds. The molecule has 0 aromatic heterocycles. The van der Waals surface area contributed by atoms with E-state index in [1.54, 1.807) is 13.8 Å². The molecule has 2 heteroatoms. The first-order chi connectivity index (χ1) is 6.00. The third kappa shape index (κ3) is 3.17. The largest absolute Gasteiger partial charge is 0.390 e. The minimum absolute atomic E-state index is 0.490. The Morgan fingerprint density at radius 1 is 1.23 bits per heavy atom. The van der Waals surface area contributed by atoms with Crippen LogP contribution < -0.4 is 0 Å². The Kier molecular flexibility index (Phi) is 3.07. The van der Waals surface area contributed by atoms with E-state index < -0.39 is 11.7 Å². The first-order valence-corrected chi connectivity index (χ1v) is 4.44. The second kappa shape index (κ2) is 3.90. The van der Waals surface area contributed by atoms with E-state index in [4.69, 9.17) is 0 Å². The van der Waals surface area contributed by atoms with E-state index in [-0.39, 0.29) is 0 Å². The maximum atomic E-state index is 9.59. The Bertz CT molecular complexity index is 249. The summed E-state index contributed by atoms with van der Waals surface area (Å²) in [6.45, 7) is 3.22. The second-order valence-electron chi connectivity index (χ2n) is 3.86. The highest BCUT2D eigenvalue weighted by molar-refractivity contribution is 5.16. The van der Waals surface area contributed by atoms with Gasteiger partial charge < -0.3 is 10.2 Å². The quantitative estimate of drug-likeness (QED) is 0.737. The van der Waals surface area contributed by atoms with Gasteiger partial charge in [-0.2, -0.15) is 0 Å². The van der Waals surface area contributed by atoms with Crippen LogP contribution in [0.2, 0.25) is 0 Å². The number of aliphatic hydroxyl groups is 2. The van der Waals surface area contributed by atoms with Crippen molar-refractivity contribution in [1.82, 2.24) is 0 Å². The summed E-state index contributed by atoms with van der Waals surface area (Å²) in [6, 6.07) is 9.66. The van der Waals surface area contributed by atoms with Gasteiger partial charge in [-0.15, -0.1) is 0 Å². The molecule has 0 aliphatic carbocycles. The Morgan fingerprint density at radius 2 is 1.77 bits per heavy atom. The molecule has 0 saturated heterocycles. The van der Waals surface area contributed by atoms with Crippen molar-refractivity contribution in [3.8, 4) is 0 Å². The van der Waals surface area contributed by atoms with Crippen LogP contribution in [0.25, 0.3) is 0 Å². The molecule has 13 heavy (non-hydrogen) atoms. The van der Waals surface area contributed by atoms with E-state index >= 15 is 0 Å². The van der Waals surface area contributed by atoms with Crippen LogP contribution in [-0.4, -0.2) is 21.9 Å². The van der Waals surface area contributed by atoms with Crippen LogP contribution in [0, 0.1) is 0 Å². The highest BCUT2D eigenvalue weighted by atomic mass is 16.3. The number of rotatable bonds is 3. The van der Waals surface area contributed by atoms with Gasteiger partial charge in [-0.3, -0.25) is 0 Å². The number of benzene rings is 1. The maximum Gasteiger partial charge on any atom is 0.0861 e. The summed E-state index contributed by atoms with van der Waals surface area (Å²) in [4.78, 5) is 0. The number of hydrogen-bond donors (Lipinski definition) is 2. The molecule has 0 heterocycles. The summed E-state index contributed by atoms with van der Waals surface area (Å²) in [5, 5.41) is 19.1. The van der Waals surface area contributed by atoms with Crippen LogP contribution in [0.5, 0.6) is 0 Å². The Labute approximate surface area is 78.8 Å². The van der Waals surface area contributed by atoms with Crippen LogP contribution in [0.15, 0.2) is 30.3 Å². The lowest BCUT2D eigenvalue weighted by Crippen LogP contribution is -2.37. The van der Waals surface area contributed by atoms with Crippen LogP contribution in [0.4, 0.5) is 0 Å². The van der Waals surface area contributed by atoms with Gasteiger partial charge in [-0.1, -0.05) is 30.3 Å². The zero-order valence-electron chi connectivity index (χ0n) is 8.07. The summed E-state index contributed by atoms with van der Waals surface area (Å²) < 4.78 is 0. The molecule has 0 spiro atoms. The van der Waals surface area contributed by atoms with Crippen molar-refractivity contribution in [2.75, 3.05) is 0 Å². The van der Waals surface area contributed by atoms with Crippen molar-refractivity contribution in [3.63, 3.8) is 0 Å². The van der Waals surface area contributed by atoms with Gasteiger partial charge in [-0.25, -0.2) is 0 Å². The maximum absolute atomic E-state index is 9.59. The third-order valence-electron chi connectivity index (χ3n) is 2.09.